The molecular formula is C13H15ClN2O3. The molecule has 5 nitrogen and oxygen atoms in total. The summed E-state index contributed by atoms with van der Waals surface area (Å²) in [5, 5.41) is 9.49. The molecule has 2 rings (SSSR count). The Hall–Kier alpha value is -1.62. The molecule has 0 bridgehead atoms. The van der Waals surface area contributed by atoms with Gasteiger partial charge in [-0.15, -0.1) is 0 Å². The Kier molecular flexibility index (Phi) is 3.75. The van der Waals surface area contributed by atoms with Crippen molar-refractivity contribution in [2.75, 3.05) is 13.1 Å². The highest BCUT2D eigenvalue weighted by molar-refractivity contribution is 6.29. The van der Waals surface area contributed by atoms with Crippen molar-refractivity contribution in [1.29, 1.82) is 0 Å². The number of likely N-dealkylation sites (tertiary alicyclic amines) is 1. The van der Waals surface area contributed by atoms with Gasteiger partial charge >= 0.3 is 5.97 Å². The molecular weight excluding hydrogens is 268 g/mol. The second-order valence-corrected chi connectivity index (χ2v) is 5.43. The predicted octanol–water partition coefficient (Wildman–Crippen LogP) is 2.06. The van der Waals surface area contributed by atoms with E-state index in [4.69, 9.17) is 11.6 Å². The lowest BCUT2D eigenvalue weighted by atomic mass is 9.82. The average Bonchev–Trinajstić information content (AvgIpc) is 2.38. The average molecular weight is 283 g/mol. The molecule has 1 aromatic rings. The van der Waals surface area contributed by atoms with Gasteiger partial charge < -0.3 is 10.0 Å². The molecule has 1 amide bonds. The molecule has 1 aliphatic heterocycles. The molecule has 0 saturated carbocycles. The smallest absolute Gasteiger partial charge is 0.311 e. The number of rotatable bonds is 2. The topological polar surface area (TPSA) is 70.5 Å². The number of piperidine rings is 1. The first-order chi connectivity index (χ1) is 8.92. The fraction of sp³-hybridized carbons (Fsp3) is 0.462. The van der Waals surface area contributed by atoms with Crippen LogP contribution in [0.15, 0.2) is 18.2 Å². The van der Waals surface area contributed by atoms with Crippen molar-refractivity contribution in [3.8, 4) is 0 Å². The second kappa shape index (κ2) is 5.17. The van der Waals surface area contributed by atoms with Gasteiger partial charge in [-0.1, -0.05) is 17.7 Å². The third-order valence-corrected chi connectivity index (χ3v) is 3.64. The highest BCUT2D eigenvalue weighted by atomic mass is 35.5. The van der Waals surface area contributed by atoms with Crippen LogP contribution in [0, 0.1) is 5.41 Å². The predicted molar refractivity (Wildman–Crippen MR) is 70.1 cm³/mol. The number of hydrogen-bond acceptors (Lipinski definition) is 3. The highest BCUT2D eigenvalue weighted by Crippen LogP contribution is 2.30. The molecule has 102 valence electrons. The summed E-state index contributed by atoms with van der Waals surface area (Å²) in [6.07, 6.45) is 1.25. The summed E-state index contributed by atoms with van der Waals surface area (Å²) >= 11 is 5.76. The molecule has 1 fully saturated rings. The maximum Gasteiger partial charge on any atom is 0.311 e. The monoisotopic (exact) mass is 282 g/mol. The van der Waals surface area contributed by atoms with Crippen molar-refractivity contribution in [2.24, 2.45) is 5.41 Å². The van der Waals surface area contributed by atoms with Gasteiger partial charge in [-0.05, 0) is 31.9 Å². The summed E-state index contributed by atoms with van der Waals surface area (Å²) in [5.41, 5.74) is -0.630. The molecule has 0 spiro atoms. The van der Waals surface area contributed by atoms with Crippen molar-refractivity contribution in [1.82, 2.24) is 9.88 Å². The molecule has 2 heterocycles. The molecule has 6 heteroatoms. The van der Waals surface area contributed by atoms with Gasteiger partial charge in [0.1, 0.15) is 10.8 Å². The van der Waals surface area contributed by atoms with Crippen LogP contribution in [0.4, 0.5) is 0 Å². The quantitative estimate of drug-likeness (QED) is 0.843. The Labute approximate surface area is 116 Å². The van der Waals surface area contributed by atoms with Crippen LogP contribution in [0.3, 0.4) is 0 Å². The normalized spacial score (nSPS) is 23.2. The Morgan fingerprint density at radius 2 is 2.21 bits per heavy atom. The molecule has 1 aliphatic rings. The minimum atomic E-state index is -0.882. The number of halogens is 1. The number of pyridine rings is 1. The first-order valence-corrected chi connectivity index (χ1v) is 6.45. The van der Waals surface area contributed by atoms with E-state index in [0.717, 1.165) is 0 Å². The SMILES string of the molecule is CC1(C(=O)O)CCCN(C(=O)c2cccc(Cl)n2)C1. The fourth-order valence-electron chi connectivity index (χ4n) is 2.28. The molecule has 0 aromatic carbocycles. The van der Waals surface area contributed by atoms with E-state index in [9.17, 15) is 14.7 Å². The fourth-order valence-corrected chi connectivity index (χ4v) is 2.44. The van der Waals surface area contributed by atoms with E-state index in [1.54, 1.807) is 25.1 Å². The number of carbonyl (C=O) groups is 2. The molecule has 1 unspecified atom stereocenters. The first-order valence-electron chi connectivity index (χ1n) is 6.08. The van der Waals surface area contributed by atoms with E-state index >= 15 is 0 Å². The van der Waals surface area contributed by atoms with Crippen LogP contribution >= 0.6 is 11.6 Å². The van der Waals surface area contributed by atoms with E-state index in [0.29, 0.717) is 19.4 Å². The molecule has 0 aliphatic carbocycles. The lowest BCUT2D eigenvalue weighted by molar-refractivity contribution is -0.150. The number of carboxylic acids is 1. The third-order valence-electron chi connectivity index (χ3n) is 3.43. The zero-order chi connectivity index (χ0) is 14.0. The van der Waals surface area contributed by atoms with E-state index in [1.165, 1.54) is 4.90 Å². The summed E-state index contributed by atoms with van der Waals surface area (Å²) in [4.78, 5) is 29.0. The molecule has 0 radical (unpaired) electrons. The zero-order valence-electron chi connectivity index (χ0n) is 10.6. The number of hydrogen-bond donors (Lipinski definition) is 1. The van der Waals surface area contributed by atoms with Crippen molar-refractivity contribution < 1.29 is 14.7 Å². The molecule has 1 N–H and O–H groups in total. The van der Waals surface area contributed by atoms with Crippen molar-refractivity contribution >= 4 is 23.5 Å². The van der Waals surface area contributed by atoms with E-state index in [-0.39, 0.29) is 23.3 Å². The van der Waals surface area contributed by atoms with Gasteiger partial charge in [-0.2, -0.15) is 0 Å². The summed E-state index contributed by atoms with van der Waals surface area (Å²) < 4.78 is 0. The van der Waals surface area contributed by atoms with Crippen molar-refractivity contribution in [3.05, 3.63) is 29.0 Å². The minimum Gasteiger partial charge on any atom is -0.481 e. The van der Waals surface area contributed by atoms with Crippen molar-refractivity contribution in [3.63, 3.8) is 0 Å². The summed E-state index contributed by atoms with van der Waals surface area (Å²) in [6.45, 7) is 2.42. The van der Waals surface area contributed by atoms with E-state index in [2.05, 4.69) is 4.98 Å². The summed E-state index contributed by atoms with van der Waals surface area (Å²) in [5.74, 6) is -1.14. The Balaban J connectivity index is 2.18. The third kappa shape index (κ3) is 2.87. The maximum atomic E-state index is 12.3. The second-order valence-electron chi connectivity index (χ2n) is 5.04. The molecule has 19 heavy (non-hydrogen) atoms. The molecule has 1 aromatic heterocycles. The number of carbonyl (C=O) groups excluding carboxylic acids is 1. The standard InChI is InChI=1S/C13H15ClN2O3/c1-13(12(18)19)6-3-7-16(8-13)11(17)9-4-2-5-10(14)15-9/h2,4-5H,3,6-8H2,1H3,(H,18,19). The first kappa shape index (κ1) is 13.8. The molecule has 1 atom stereocenters. The summed E-state index contributed by atoms with van der Waals surface area (Å²) in [7, 11) is 0. The van der Waals surface area contributed by atoms with Gasteiger partial charge in [0, 0.05) is 13.1 Å². The van der Waals surface area contributed by atoms with Gasteiger partial charge in [0.05, 0.1) is 5.41 Å². The van der Waals surface area contributed by atoms with Crippen LogP contribution < -0.4 is 0 Å². The van der Waals surface area contributed by atoms with Gasteiger partial charge in [-0.25, -0.2) is 4.98 Å². The Morgan fingerprint density at radius 1 is 1.47 bits per heavy atom. The van der Waals surface area contributed by atoms with Crippen LogP contribution in [0.5, 0.6) is 0 Å². The van der Waals surface area contributed by atoms with E-state index in [1.807, 2.05) is 0 Å². The van der Waals surface area contributed by atoms with Crippen LogP contribution in [-0.4, -0.2) is 40.0 Å². The lowest BCUT2D eigenvalue weighted by Crippen LogP contribution is -2.48. The number of amides is 1. The maximum absolute atomic E-state index is 12.3. The Morgan fingerprint density at radius 3 is 2.84 bits per heavy atom. The summed E-state index contributed by atoms with van der Waals surface area (Å²) in [6, 6.07) is 4.83. The van der Waals surface area contributed by atoms with Crippen LogP contribution in [0.2, 0.25) is 5.15 Å². The van der Waals surface area contributed by atoms with Crippen molar-refractivity contribution in [2.45, 2.75) is 19.8 Å². The number of aromatic nitrogens is 1. The highest BCUT2D eigenvalue weighted by Gasteiger charge is 2.39. The van der Waals surface area contributed by atoms with Crippen LogP contribution in [-0.2, 0) is 4.79 Å². The largest absolute Gasteiger partial charge is 0.481 e. The number of carboxylic acid groups (broad SMARTS) is 1. The van der Waals surface area contributed by atoms with Gasteiger partial charge in [0.15, 0.2) is 0 Å². The van der Waals surface area contributed by atoms with Gasteiger partial charge in [0.25, 0.3) is 5.91 Å². The van der Waals surface area contributed by atoms with E-state index < -0.39 is 11.4 Å². The minimum absolute atomic E-state index is 0.204. The number of aliphatic carboxylic acids is 1. The Bertz CT molecular complexity index is 520. The van der Waals surface area contributed by atoms with Gasteiger partial charge in [-0.3, -0.25) is 9.59 Å². The van der Waals surface area contributed by atoms with Gasteiger partial charge in [0.2, 0.25) is 0 Å². The van der Waals surface area contributed by atoms with Crippen LogP contribution in [0.25, 0.3) is 0 Å². The number of nitrogens with zero attached hydrogens (tertiary/aromatic N) is 2. The lowest BCUT2D eigenvalue weighted by Gasteiger charge is -2.37. The van der Waals surface area contributed by atoms with Crippen LogP contribution in [0.1, 0.15) is 30.3 Å². The zero-order valence-corrected chi connectivity index (χ0v) is 11.4. The molecule has 1 saturated heterocycles.